The van der Waals surface area contributed by atoms with Crippen molar-refractivity contribution >= 4 is 23.6 Å². The molecule has 1 aromatic carbocycles. The molecule has 0 fully saturated rings. The number of aryl methyl sites for hydroxylation is 1. The fraction of sp³-hybridized carbons (Fsp3) is 0.308. The molecular weight excluding hydrogens is 264 g/mol. The van der Waals surface area contributed by atoms with E-state index in [0.29, 0.717) is 5.56 Å². The van der Waals surface area contributed by atoms with E-state index < -0.39 is 17.9 Å². The Hall–Kier alpha value is -2.00. The molecule has 1 atom stereocenters. The number of rotatable bonds is 5. The van der Waals surface area contributed by atoms with Crippen LogP contribution in [0.3, 0.4) is 0 Å². The first-order chi connectivity index (χ1) is 8.93. The van der Waals surface area contributed by atoms with Gasteiger partial charge in [-0.15, -0.1) is 11.8 Å². The van der Waals surface area contributed by atoms with Gasteiger partial charge in [0.2, 0.25) is 5.91 Å². The molecule has 0 saturated carbocycles. The fourth-order valence-electron chi connectivity index (χ4n) is 1.43. The smallest absolute Gasteiger partial charge is 0.327 e. The molecule has 5 nitrogen and oxygen atoms in total. The van der Waals surface area contributed by atoms with E-state index in [9.17, 15) is 9.59 Å². The Balaban J connectivity index is 2.79. The molecule has 0 aliphatic heterocycles. The summed E-state index contributed by atoms with van der Waals surface area (Å²) in [5, 5.41) is 20.3. The van der Waals surface area contributed by atoms with Crippen molar-refractivity contribution in [3.8, 4) is 6.07 Å². The number of nitrogens with zero attached hydrogens (tertiary/aromatic N) is 1. The van der Waals surface area contributed by atoms with Crippen molar-refractivity contribution in [1.29, 1.82) is 5.26 Å². The molecule has 0 saturated heterocycles. The first-order valence-electron chi connectivity index (χ1n) is 5.57. The highest BCUT2D eigenvalue weighted by Gasteiger charge is 2.19. The van der Waals surface area contributed by atoms with Crippen LogP contribution in [-0.2, 0) is 9.59 Å². The van der Waals surface area contributed by atoms with Crippen molar-refractivity contribution in [2.24, 2.45) is 0 Å². The molecule has 6 heteroatoms. The minimum atomic E-state index is -1.09. The normalized spacial score (nSPS) is 11.4. The maximum absolute atomic E-state index is 11.0. The molecule has 0 spiro atoms. The number of nitrogens with one attached hydrogen (secondary N) is 1. The zero-order valence-corrected chi connectivity index (χ0v) is 11.5. The average molecular weight is 278 g/mol. The van der Waals surface area contributed by atoms with Crippen LogP contribution in [0.25, 0.3) is 0 Å². The van der Waals surface area contributed by atoms with E-state index in [1.807, 2.05) is 19.1 Å². The van der Waals surface area contributed by atoms with Crippen LogP contribution >= 0.6 is 11.8 Å². The van der Waals surface area contributed by atoms with E-state index in [-0.39, 0.29) is 5.75 Å². The van der Waals surface area contributed by atoms with Gasteiger partial charge >= 0.3 is 5.97 Å². The van der Waals surface area contributed by atoms with Crippen LogP contribution in [0.2, 0.25) is 0 Å². The molecule has 0 aromatic heterocycles. The first-order valence-corrected chi connectivity index (χ1v) is 6.56. The lowest BCUT2D eigenvalue weighted by atomic mass is 10.2. The van der Waals surface area contributed by atoms with E-state index >= 15 is 0 Å². The van der Waals surface area contributed by atoms with Crippen LogP contribution in [0.15, 0.2) is 23.1 Å². The van der Waals surface area contributed by atoms with Crippen LogP contribution in [0, 0.1) is 18.3 Å². The molecule has 0 radical (unpaired) electrons. The van der Waals surface area contributed by atoms with Crippen molar-refractivity contribution in [2.45, 2.75) is 24.8 Å². The summed E-state index contributed by atoms with van der Waals surface area (Å²) in [4.78, 5) is 22.6. The van der Waals surface area contributed by atoms with E-state index in [1.165, 1.54) is 18.7 Å². The Morgan fingerprint density at radius 2 is 2.21 bits per heavy atom. The second kappa shape index (κ2) is 6.81. The van der Waals surface area contributed by atoms with Crippen LogP contribution in [0.5, 0.6) is 0 Å². The zero-order chi connectivity index (χ0) is 14.4. The molecule has 2 N–H and O–H groups in total. The maximum atomic E-state index is 11.0. The Morgan fingerprint density at radius 1 is 1.53 bits per heavy atom. The molecule has 0 aliphatic carbocycles. The van der Waals surface area contributed by atoms with Crippen molar-refractivity contribution in [1.82, 2.24) is 5.32 Å². The number of nitriles is 1. The molecule has 0 bridgehead atoms. The second-order valence-electron chi connectivity index (χ2n) is 4.01. The summed E-state index contributed by atoms with van der Waals surface area (Å²) in [7, 11) is 0. The van der Waals surface area contributed by atoms with Gasteiger partial charge in [-0.3, -0.25) is 4.79 Å². The van der Waals surface area contributed by atoms with Gasteiger partial charge in [0.1, 0.15) is 12.1 Å². The minimum Gasteiger partial charge on any atom is -0.480 e. The van der Waals surface area contributed by atoms with Gasteiger partial charge in [0.05, 0.1) is 5.56 Å². The SMILES string of the molecule is CC(=O)N[C@@H](CSc1cc(C)ccc1C#N)C(=O)O. The van der Waals surface area contributed by atoms with Crippen molar-refractivity contribution in [2.75, 3.05) is 5.75 Å². The highest BCUT2D eigenvalue weighted by Crippen LogP contribution is 2.24. The lowest BCUT2D eigenvalue weighted by Crippen LogP contribution is -2.41. The summed E-state index contributed by atoms with van der Waals surface area (Å²) < 4.78 is 0. The fourth-order valence-corrected chi connectivity index (χ4v) is 2.55. The monoisotopic (exact) mass is 278 g/mol. The predicted molar refractivity (Wildman–Crippen MR) is 71.9 cm³/mol. The van der Waals surface area contributed by atoms with Gasteiger partial charge in [-0.2, -0.15) is 5.26 Å². The topological polar surface area (TPSA) is 90.2 Å². The van der Waals surface area contributed by atoms with Gasteiger partial charge in [0, 0.05) is 17.6 Å². The van der Waals surface area contributed by atoms with Crippen molar-refractivity contribution in [3.63, 3.8) is 0 Å². The third-order valence-corrected chi connectivity index (χ3v) is 3.49. The number of benzene rings is 1. The number of carbonyl (C=O) groups is 2. The summed E-state index contributed by atoms with van der Waals surface area (Å²) in [6, 6.07) is 6.45. The maximum Gasteiger partial charge on any atom is 0.327 e. The third-order valence-electron chi connectivity index (χ3n) is 2.34. The molecular formula is C13H14N2O3S. The predicted octanol–water partition coefficient (Wildman–Crippen LogP) is 1.55. The standard InChI is InChI=1S/C13H14N2O3S/c1-8-3-4-10(6-14)12(5-8)19-7-11(13(17)18)15-9(2)16/h3-5,11H,7H2,1-2H3,(H,15,16)(H,17,18)/t11-/m0/s1. The van der Waals surface area contributed by atoms with Gasteiger partial charge < -0.3 is 10.4 Å². The number of carboxylic acids is 1. The largest absolute Gasteiger partial charge is 0.480 e. The van der Waals surface area contributed by atoms with Crippen LogP contribution in [0.4, 0.5) is 0 Å². The van der Waals surface area contributed by atoms with Crippen LogP contribution in [0.1, 0.15) is 18.1 Å². The van der Waals surface area contributed by atoms with E-state index in [2.05, 4.69) is 11.4 Å². The Bertz CT molecular complexity index is 537. The van der Waals surface area contributed by atoms with Crippen molar-refractivity contribution < 1.29 is 14.7 Å². The summed E-state index contributed by atoms with van der Waals surface area (Å²) in [5.74, 6) is -1.31. The van der Waals surface area contributed by atoms with Gasteiger partial charge in [-0.25, -0.2) is 4.79 Å². The number of thioether (sulfide) groups is 1. The van der Waals surface area contributed by atoms with Crippen molar-refractivity contribution in [3.05, 3.63) is 29.3 Å². The van der Waals surface area contributed by atoms with Gasteiger partial charge in [0.25, 0.3) is 0 Å². The first kappa shape index (κ1) is 15.1. The highest BCUT2D eigenvalue weighted by molar-refractivity contribution is 7.99. The van der Waals surface area contributed by atoms with Gasteiger partial charge in [-0.1, -0.05) is 6.07 Å². The molecule has 0 unspecified atom stereocenters. The summed E-state index contributed by atoms with van der Waals surface area (Å²) >= 11 is 1.25. The molecule has 0 aliphatic rings. The van der Waals surface area contributed by atoms with Crippen LogP contribution in [-0.4, -0.2) is 28.8 Å². The summed E-state index contributed by atoms with van der Waals surface area (Å²) in [6.07, 6.45) is 0. The van der Waals surface area contributed by atoms with E-state index in [4.69, 9.17) is 10.4 Å². The average Bonchev–Trinajstić information content (AvgIpc) is 2.34. The Kier molecular flexibility index (Phi) is 5.39. The van der Waals surface area contributed by atoms with E-state index in [1.54, 1.807) is 6.07 Å². The lowest BCUT2D eigenvalue weighted by molar-refractivity contribution is -0.140. The quantitative estimate of drug-likeness (QED) is 0.797. The van der Waals surface area contributed by atoms with E-state index in [0.717, 1.165) is 10.5 Å². The lowest BCUT2D eigenvalue weighted by Gasteiger charge is -2.13. The minimum absolute atomic E-state index is 0.174. The number of aliphatic carboxylic acids is 1. The third kappa shape index (κ3) is 4.64. The number of carbonyl (C=O) groups excluding carboxylic acids is 1. The molecule has 1 amide bonds. The molecule has 1 aromatic rings. The molecule has 100 valence electrons. The van der Waals surface area contributed by atoms with Gasteiger partial charge in [-0.05, 0) is 24.6 Å². The Labute approximate surface area is 115 Å². The summed E-state index contributed by atoms with van der Waals surface area (Å²) in [5.41, 5.74) is 1.50. The number of carboxylic acid groups (broad SMARTS) is 1. The number of amides is 1. The van der Waals surface area contributed by atoms with Crippen LogP contribution < -0.4 is 5.32 Å². The highest BCUT2D eigenvalue weighted by atomic mass is 32.2. The molecule has 19 heavy (non-hydrogen) atoms. The molecule has 1 rings (SSSR count). The Morgan fingerprint density at radius 3 is 2.74 bits per heavy atom. The van der Waals surface area contributed by atoms with Gasteiger partial charge in [0.15, 0.2) is 0 Å². The zero-order valence-electron chi connectivity index (χ0n) is 10.6. The molecule has 0 heterocycles. The number of hydrogen-bond donors (Lipinski definition) is 2. The summed E-state index contributed by atoms with van der Waals surface area (Å²) in [6.45, 7) is 3.17. The number of hydrogen-bond acceptors (Lipinski definition) is 4. The second-order valence-corrected chi connectivity index (χ2v) is 5.08.